The first-order valence-corrected chi connectivity index (χ1v) is 9.03. The molecule has 1 aliphatic carbocycles. The molecule has 0 spiro atoms. The van der Waals surface area contributed by atoms with Crippen LogP contribution in [0.2, 0.25) is 0 Å². The van der Waals surface area contributed by atoms with E-state index in [4.69, 9.17) is 18.0 Å². The first-order valence-electron chi connectivity index (χ1n) is 7.64. The highest BCUT2D eigenvalue weighted by Gasteiger charge is 2.21. The Morgan fingerprint density at radius 1 is 1.36 bits per heavy atom. The van der Waals surface area contributed by atoms with Crippen molar-refractivity contribution >= 4 is 40.7 Å². The number of anilines is 1. The van der Waals surface area contributed by atoms with Gasteiger partial charge in [0.25, 0.3) is 0 Å². The van der Waals surface area contributed by atoms with Crippen molar-refractivity contribution in [3.05, 3.63) is 24.3 Å². The second-order valence-corrected chi connectivity index (χ2v) is 7.14. The van der Waals surface area contributed by atoms with Crippen LogP contribution in [0.3, 0.4) is 0 Å². The first kappa shape index (κ1) is 17.1. The Kier molecular flexibility index (Phi) is 6.51. The standard InChI is InChI=1S/C16H23N3OS2/c1-11-6-2-3-7-12(11)18-16(21)19-13-8-4-5-9-14(13)22-10-15(17)20/h4-5,8-9,11-12H,2-3,6-7,10H2,1H3,(H2,17,20)(H2,18,19,21)/t11-,12-/m0/s1. The van der Waals surface area contributed by atoms with E-state index < -0.39 is 0 Å². The van der Waals surface area contributed by atoms with E-state index in [-0.39, 0.29) is 11.7 Å². The molecule has 1 fully saturated rings. The van der Waals surface area contributed by atoms with Gasteiger partial charge >= 0.3 is 0 Å². The van der Waals surface area contributed by atoms with Gasteiger partial charge in [-0.15, -0.1) is 11.8 Å². The second kappa shape index (κ2) is 8.39. The fraction of sp³-hybridized carbons (Fsp3) is 0.500. The van der Waals surface area contributed by atoms with Gasteiger partial charge in [-0.05, 0) is 43.1 Å². The molecule has 2 atom stereocenters. The molecule has 1 aliphatic rings. The van der Waals surface area contributed by atoms with Crippen LogP contribution in [0, 0.1) is 5.92 Å². The molecule has 120 valence electrons. The van der Waals surface area contributed by atoms with Crippen molar-refractivity contribution in [1.29, 1.82) is 0 Å². The summed E-state index contributed by atoms with van der Waals surface area (Å²) in [5, 5.41) is 7.32. The number of hydrogen-bond acceptors (Lipinski definition) is 3. The molecule has 0 radical (unpaired) electrons. The smallest absolute Gasteiger partial charge is 0.227 e. The van der Waals surface area contributed by atoms with Crippen LogP contribution in [0.25, 0.3) is 0 Å². The van der Waals surface area contributed by atoms with Gasteiger partial charge in [0.05, 0.1) is 11.4 Å². The molecule has 0 saturated heterocycles. The maximum atomic E-state index is 10.9. The number of benzene rings is 1. The summed E-state index contributed by atoms with van der Waals surface area (Å²) >= 11 is 6.86. The zero-order valence-electron chi connectivity index (χ0n) is 12.8. The Morgan fingerprint density at radius 2 is 2.09 bits per heavy atom. The van der Waals surface area contributed by atoms with Gasteiger partial charge in [0, 0.05) is 10.9 Å². The lowest BCUT2D eigenvalue weighted by molar-refractivity contribution is -0.115. The normalized spacial score (nSPS) is 21.1. The van der Waals surface area contributed by atoms with Crippen molar-refractivity contribution in [3.8, 4) is 0 Å². The molecule has 1 saturated carbocycles. The summed E-state index contributed by atoms with van der Waals surface area (Å²) in [6, 6.07) is 8.25. The zero-order valence-corrected chi connectivity index (χ0v) is 14.4. The quantitative estimate of drug-likeness (QED) is 0.569. The van der Waals surface area contributed by atoms with E-state index in [2.05, 4.69) is 17.6 Å². The van der Waals surface area contributed by atoms with Crippen LogP contribution < -0.4 is 16.4 Å². The van der Waals surface area contributed by atoms with E-state index in [1.165, 1.54) is 37.4 Å². The Hall–Kier alpha value is -1.27. The van der Waals surface area contributed by atoms with Crippen molar-refractivity contribution in [2.45, 2.75) is 43.5 Å². The molecule has 4 nitrogen and oxygen atoms in total. The Labute approximate surface area is 141 Å². The van der Waals surface area contributed by atoms with Gasteiger partial charge < -0.3 is 16.4 Å². The van der Waals surface area contributed by atoms with E-state index in [0.29, 0.717) is 17.1 Å². The monoisotopic (exact) mass is 337 g/mol. The van der Waals surface area contributed by atoms with Crippen LogP contribution >= 0.6 is 24.0 Å². The van der Waals surface area contributed by atoms with Crippen molar-refractivity contribution in [2.24, 2.45) is 11.7 Å². The molecule has 0 aromatic heterocycles. The first-order chi connectivity index (χ1) is 10.6. The third-order valence-corrected chi connectivity index (χ3v) is 5.25. The zero-order chi connectivity index (χ0) is 15.9. The molecule has 1 amide bonds. The lowest BCUT2D eigenvalue weighted by Gasteiger charge is -2.30. The van der Waals surface area contributed by atoms with E-state index in [0.717, 1.165) is 10.6 Å². The van der Waals surface area contributed by atoms with Gasteiger partial charge in [0.2, 0.25) is 5.91 Å². The van der Waals surface area contributed by atoms with Crippen LogP contribution in [-0.4, -0.2) is 22.8 Å². The van der Waals surface area contributed by atoms with Crippen molar-refractivity contribution in [3.63, 3.8) is 0 Å². The average molecular weight is 338 g/mol. The molecule has 1 aromatic rings. The summed E-state index contributed by atoms with van der Waals surface area (Å²) in [5.74, 6) is 0.586. The minimum atomic E-state index is -0.323. The molecule has 22 heavy (non-hydrogen) atoms. The second-order valence-electron chi connectivity index (χ2n) is 5.72. The Bertz CT molecular complexity index is 536. The number of carbonyl (C=O) groups excluding carboxylic acids is 1. The molecule has 1 aromatic carbocycles. The number of primary amides is 1. The Morgan fingerprint density at radius 3 is 2.82 bits per heavy atom. The van der Waals surface area contributed by atoms with Gasteiger partial charge in [-0.2, -0.15) is 0 Å². The van der Waals surface area contributed by atoms with Crippen molar-refractivity contribution in [2.75, 3.05) is 11.1 Å². The van der Waals surface area contributed by atoms with Crippen LogP contribution in [0.15, 0.2) is 29.2 Å². The topological polar surface area (TPSA) is 67.2 Å². The number of amides is 1. The third-order valence-electron chi connectivity index (χ3n) is 3.93. The minimum Gasteiger partial charge on any atom is -0.369 e. The van der Waals surface area contributed by atoms with Crippen molar-refractivity contribution in [1.82, 2.24) is 5.32 Å². The summed E-state index contributed by atoms with van der Waals surface area (Å²) in [6.07, 6.45) is 4.99. The van der Waals surface area contributed by atoms with Gasteiger partial charge in [-0.25, -0.2) is 0 Å². The average Bonchev–Trinajstić information content (AvgIpc) is 2.48. The summed E-state index contributed by atoms with van der Waals surface area (Å²) in [4.78, 5) is 11.9. The highest BCUT2D eigenvalue weighted by molar-refractivity contribution is 8.00. The van der Waals surface area contributed by atoms with Crippen LogP contribution in [0.1, 0.15) is 32.6 Å². The fourth-order valence-corrected chi connectivity index (χ4v) is 3.71. The van der Waals surface area contributed by atoms with Gasteiger partial charge in [-0.1, -0.05) is 31.9 Å². The highest BCUT2D eigenvalue weighted by atomic mass is 32.2. The van der Waals surface area contributed by atoms with Crippen LogP contribution in [0.5, 0.6) is 0 Å². The van der Waals surface area contributed by atoms with E-state index in [1.807, 2.05) is 24.3 Å². The maximum Gasteiger partial charge on any atom is 0.227 e. The van der Waals surface area contributed by atoms with Crippen LogP contribution in [0.4, 0.5) is 5.69 Å². The van der Waals surface area contributed by atoms with E-state index in [9.17, 15) is 4.79 Å². The number of rotatable bonds is 5. The number of thiocarbonyl (C=S) groups is 1. The van der Waals surface area contributed by atoms with E-state index >= 15 is 0 Å². The number of nitrogens with two attached hydrogens (primary N) is 1. The van der Waals surface area contributed by atoms with E-state index in [1.54, 1.807) is 0 Å². The van der Waals surface area contributed by atoms with Crippen molar-refractivity contribution < 1.29 is 4.79 Å². The largest absolute Gasteiger partial charge is 0.369 e. The third kappa shape index (κ3) is 5.18. The molecule has 6 heteroatoms. The Balaban J connectivity index is 1.94. The molecule has 4 N–H and O–H groups in total. The molecule has 0 bridgehead atoms. The van der Waals surface area contributed by atoms with Gasteiger partial charge in [0.15, 0.2) is 5.11 Å². The number of hydrogen-bond donors (Lipinski definition) is 3. The number of carbonyl (C=O) groups is 1. The van der Waals surface area contributed by atoms with Gasteiger partial charge in [0.1, 0.15) is 0 Å². The number of nitrogens with one attached hydrogen (secondary N) is 2. The molecular formula is C16H23N3OS2. The molecule has 2 rings (SSSR count). The molecule has 0 heterocycles. The summed E-state index contributed by atoms with van der Waals surface area (Å²) in [7, 11) is 0. The lowest BCUT2D eigenvalue weighted by atomic mass is 9.86. The maximum absolute atomic E-state index is 10.9. The summed E-state index contributed by atoms with van der Waals surface area (Å²) in [5.41, 5.74) is 6.12. The molecule has 0 aliphatic heterocycles. The predicted molar refractivity (Wildman–Crippen MR) is 97.1 cm³/mol. The highest BCUT2D eigenvalue weighted by Crippen LogP contribution is 2.27. The van der Waals surface area contributed by atoms with Crippen LogP contribution in [-0.2, 0) is 4.79 Å². The molecular weight excluding hydrogens is 314 g/mol. The minimum absolute atomic E-state index is 0.262. The lowest BCUT2D eigenvalue weighted by Crippen LogP contribution is -2.43. The fourth-order valence-electron chi connectivity index (χ4n) is 2.70. The summed E-state index contributed by atoms with van der Waals surface area (Å²) in [6.45, 7) is 2.27. The predicted octanol–water partition coefficient (Wildman–Crippen LogP) is 3.13. The number of para-hydroxylation sites is 1. The van der Waals surface area contributed by atoms with Gasteiger partial charge in [-0.3, -0.25) is 4.79 Å². The summed E-state index contributed by atoms with van der Waals surface area (Å²) < 4.78 is 0. The molecule has 0 unspecified atom stereocenters. The number of thioether (sulfide) groups is 1. The SMILES string of the molecule is C[C@H]1CCCC[C@@H]1NC(=S)Nc1ccccc1SCC(N)=O.